The first-order valence-electron chi connectivity index (χ1n) is 7.52. The van der Waals surface area contributed by atoms with E-state index in [4.69, 9.17) is 16.3 Å². The molecule has 0 amide bonds. The van der Waals surface area contributed by atoms with Crippen LogP contribution in [0.15, 0.2) is 64.4 Å². The smallest absolute Gasteiger partial charge is 0.267 e. The lowest BCUT2D eigenvalue weighted by atomic mass is 10.1. The van der Waals surface area contributed by atoms with Gasteiger partial charge < -0.3 is 9.72 Å². The van der Waals surface area contributed by atoms with E-state index in [1.165, 1.54) is 12.5 Å². The number of nitrogens with one attached hydrogen (secondary N) is 1. The summed E-state index contributed by atoms with van der Waals surface area (Å²) < 4.78 is 17.8. The zero-order chi connectivity index (χ0) is 18.7. The van der Waals surface area contributed by atoms with Crippen molar-refractivity contribution in [2.24, 2.45) is 0 Å². The molecule has 0 bridgehead atoms. The Balaban J connectivity index is 1.97. The number of nitrogens with zero attached hydrogens (tertiary/aromatic N) is 1. The average molecular weight is 385 g/mol. The number of hydrogen-bond donors (Lipinski definition) is 1. The molecule has 0 fully saturated rings. The van der Waals surface area contributed by atoms with Crippen LogP contribution in [0.1, 0.15) is 5.56 Å². The van der Waals surface area contributed by atoms with Crippen molar-refractivity contribution in [3.05, 3.63) is 75.7 Å². The van der Waals surface area contributed by atoms with E-state index >= 15 is 0 Å². The summed E-state index contributed by atoms with van der Waals surface area (Å²) in [5, 5.41) is 9.84. The van der Waals surface area contributed by atoms with Gasteiger partial charge in [-0.25, -0.2) is 0 Å². The fraction of sp³-hybridized carbons (Fsp3) is 0.0526. The first-order chi connectivity index (χ1) is 12.5. The number of pyridine rings is 1. The van der Waals surface area contributed by atoms with Crippen molar-refractivity contribution in [2.45, 2.75) is 4.90 Å². The Bertz CT molecular complexity index is 1070. The fourth-order valence-corrected chi connectivity index (χ4v) is 3.51. The summed E-state index contributed by atoms with van der Waals surface area (Å²) >= 11 is 5.85. The molecule has 130 valence electrons. The molecule has 0 aliphatic heterocycles. The van der Waals surface area contributed by atoms with E-state index < -0.39 is 16.4 Å². The minimum atomic E-state index is -1.49. The molecule has 3 aromatic rings. The lowest BCUT2D eigenvalue weighted by Crippen LogP contribution is -2.14. The SMILES string of the molecule is CS(=O)c1c(-c2ccc(Oc3ccc(Cl)cc3)cc2)c[nH]c(=O)c1C#N. The summed E-state index contributed by atoms with van der Waals surface area (Å²) in [6, 6.07) is 15.9. The highest BCUT2D eigenvalue weighted by Gasteiger charge is 2.17. The predicted octanol–water partition coefficient (Wildman–Crippen LogP) is 4.10. The molecule has 0 radical (unpaired) electrons. The maximum atomic E-state index is 12.1. The third-order valence-corrected chi connectivity index (χ3v) is 4.91. The summed E-state index contributed by atoms with van der Waals surface area (Å²) in [5.41, 5.74) is 0.570. The second-order valence-corrected chi connectivity index (χ2v) is 7.13. The minimum absolute atomic E-state index is 0.134. The quantitative estimate of drug-likeness (QED) is 0.734. The highest BCUT2D eigenvalue weighted by molar-refractivity contribution is 7.84. The highest BCUT2D eigenvalue weighted by Crippen LogP contribution is 2.29. The van der Waals surface area contributed by atoms with Crippen LogP contribution in [0.5, 0.6) is 11.5 Å². The number of aromatic nitrogens is 1. The molecule has 1 unspecified atom stereocenters. The van der Waals surface area contributed by atoms with Crippen molar-refractivity contribution in [3.8, 4) is 28.7 Å². The lowest BCUT2D eigenvalue weighted by Gasteiger charge is -2.10. The molecule has 7 heteroatoms. The van der Waals surface area contributed by atoms with E-state index in [2.05, 4.69) is 4.98 Å². The molecule has 5 nitrogen and oxygen atoms in total. The van der Waals surface area contributed by atoms with Crippen molar-refractivity contribution in [1.29, 1.82) is 5.26 Å². The lowest BCUT2D eigenvalue weighted by molar-refractivity contribution is 0.483. The van der Waals surface area contributed by atoms with Gasteiger partial charge in [-0.15, -0.1) is 0 Å². The van der Waals surface area contributed by atoms with Gasteiger partial charge in [-0.1, -0.05) is 23.7 Å². The summed E-state index contributed by atoms with van der Waals surface area (Å²) in [6.07, 6.45) is 2.91. The molecule has 0 saturated heterocycles. The third-order valence-electron chi connectivity index (χ3n) is 3.66. The number of halogens is 1. The van der Waals surface area contributed by atoms with E-state index in [1.807, 2.05) is 6.07 Å². The standard InChI is InChI=1S/C19H13ClN2O3S/c1-26(24)18-16(10-21)19(23)22-11-17(18)12-2-6-14(7-3-12)25-15-8-4-13(20)5-9-15/h2-9,11H,1H3,(H,22,23). The van der Waals surface area contributed by atoms with Crippen LogP contribution in [-0.4, -0.2) is 15.4 Å². The van der Waals surface area contributed by atoms with Crippen molar-refractivity contribution in [2.75, 3.05) is 6.26 Å². The van der Waals surface area contributed by atoms with Crippen LogP contribution >= 0.6 is 11.6 Å². The van der Waals surface area contributed by atoms with Gasteiger partial charge in [-0.3, -0.25) is 9.00 Å². The van der Waals surface area contributed by atoms with E-state index in [1.54, 1.807) is 48.5 Å². The van der Waals surface area contributed by atoms with Crippen LogP contribution < -0.4 is 10.3 Å². The molecule has 0 saturated carbocycles. The van der Waals surface area contributed by atoms with Crippen molar-refractivity contribution < 1.29 is 8.95 Å². The maximum Gasteiger partial charge on any atom is 0.267 e. The van der Waals surface area contributed by atoms with Gasteiger partial charge in [-0.05, 0) is 42.0 Å². The number of hydrogen-bond acceptors (Lipinski definition) is 4. The number of nitriles is 1. The topological polar surface area (TPSA) is 83.0 Å². The average Bonchev–Trinajstić information content (AvgIpc) is 2.64. The summed E-state index contributed by atoms with van der Waals surface area (Å²) in [6.45, 7) is 0. The van der Waals surface area contributed by atoms with Gasteiger partial charge in [0.2, 0.25) is 0 Å². The molecule has 0 spiro atoms. The van der Waals surface area contributed by atoms with E-state index in [0.29, 0.717) is 27.6 Å². The molecule has 1 aromatic heterocycles. The molecular weight excluding hydrogens is 372 g/mol. The van der Waals surface area contributed by atoms with E-state index in [9.17, 15) is 14.3 Å². The van der Waals surface area contributed by atoms with Crippen LogP contribution in [0.3, 0.4) is 0 Å². The summed E-state index contributed by atoms with van der Waals surface area (Å²) in [4.78, 5) is 14.5. The van der Waals surface area contributed by atoms with Gasteiger partial charge in [0, 0.05) is 23.0 Å². The minimum Gasteiger partial charge on any atom is -0.457 e. The van der Waals surface area contributed by atoms with Gasteiger partial charge in [-0.2, -0.15) is 5.26 Å². The van der Waals surface area contributed by atoms with Crippen LogP contribution in [0, 0.1) is 11.3 Å². The molecule has 2 aromatic carbocycles. The van der Waals surface area contributed by atoms with Crippen LogP contribution in [0.25, 0.3) is 11.1 Å². The number of benzene rings is 2. The zero-order valence-corrected chi connectivity index (χ0v) is 15.2. The Labute approximate surface area is 157 Å². The summed E-state index contributed by atoms with van der Waals surface area (Å²) in [5.74, 6) is 1.26. The summed E-state index contributed by atoms with van der Waals surface area (Å²) in [7, 11) is -1.49. The van der Waals surface area contributed by atoms with Gasteiger partial charge in [0.15, 0.2) is 0 Å². The third kappa shape index (κ3) is 3.69. The van der Waals surface area contributed by atoms with Gasteiger partial charge in [0.1, 0.15) is 23.1 Å². The Morgan fingerprint density at radius 1 is 1.08 bits per heavy atom. The molecule has 0 aliphatic rings. The van der Waals surface area contributed by atoms with Crippen LogP contribution in [-0.2, 0) is 10.8 Å². The molecule has 1 N–H and O–H groups in total. The number of rotatable bonds is 4. The largest absolute Gasteiger partial charge is 0.457 e. The normalized spacial score (nSPS) is 11.6. The second-order valence-electron chi connectivity index (χ2n) is 5.38. The molecule has 1 atom stereocenters. The molecule has 0 aliphatic carbocycles. The second kappa shape index (κ2) is 7.56. The van der Waals surface area contributed by atoms with Gasteiger partial charge in [0.05, 0.1) is 15.7 Å². The maximum absolute atomic E-state index is 12.1. The number of ether oxygens (including phenoxy) is 1. The van der Waals surface area contributed by atoms with E-state index in [-0.39, 0.29) is 10.5 Å². The van der Waals surface area contributed by atoms with Crippen molar-refractivity contribution in [3.63, 3.8) is 0 Å². The molecule has 3 rings (SSSR count). The van der Waals surface area contributed by atoms with Crippen LogP contribution in [0.2, 0.25) is 5.02 Å². The number of H-pyrrole nitrogens is 1. The fourth-order valence-electron chi connectivity index (χ4n) is 2.47. The van der Waals surface area contributed by atoms with Crippen molar-refractivity contribution >= 4 is 22.4 Å². The van der Waals surface area contributed by atoms with E-state index in [0.717, 1.165) is 0 Å². The first kappa shape index (κ1) is 17.9. The Hall–Kier alpha value is -2.88. The molecule has 26 heavy (non-hydrogen) atoms. The molecular formula is C19H13ClN2O3S. The Morgan fingerprint density at radius 2 is 1.65 bits per heavy atom. The Kier molecular flexibility index (Phi) is 5.21. The van der Waals surface area contributed by atoms with Crippen LogP contribution in [0.4, 0.5) is 0 Å². The molecule has 1 heterocycles. The number of aromatic amines is 1. The Morgan fingerprint density at radius 3 is 2.19 bits per heavy atom. The highest BCUT2D eigenvalue weighted by atomic mass is 35.5. The monoisotopic (exact) mass is 384 g/mol. The zero-order valence-electron chi connectivity index (χ0n) is 13.7. The first-order valence-corrected chi connectivity index (χ1v) is 9.46. The van der Waals surface area contributed by atoms with Gasteiger partial charge >= 0.3 is 0 Å². The predicted molar refractivity (Wildman–Crippen MR) is 101 cm³/mol. The van der Waals surface area contributed by atoms with Gasteiger partial charge in [0.25, 0.3) is 5.56 Å². The van der Waals surface area contributed by atoms with Crippen molar-refractivity contribution in [1.82, 2.24) is 4.98 Å².